The Hall–Kier alpha value is -1.11. The fourth-order valence-electron chi connectivity index (χ4n) is 1.37. The van der Waals surface area contributed by atoms with E-state index >= 15 is 0 Å². The molecule has 0 bridgehead atoms. The Balaban J connectivity index is 2.02. The first-order valence-corrected chi connectivity index (χ1v) is 6.18. The number of aliphatic hydroxyl groups excluding tert-OH is 1. The zero-order valence-corrected chi connectivity index (χ0v) is 11.3. The maximum atomic E-state index is 9.67. The number of aromatic nitrogens is 2. The number of aryl methyl sites for hydroxylation is 1. The van der Waals surface area contributed by atoms with Crippen LogP contribution in [0.4, 0.5) is 5.69 Å². The molecule has 0 aliphatic carbocycles. The van der Waals surface area contributed by atoms with Gasteiger partial charge in [-0.3, -0.25) is 4.68 Å². The topological polar surface area (TPSA) is 68.5 Å². The largest absolute Gasteiger partial charge is 0.389 e. The molecule has 104 valence electrons. The van der Waals surface area contributed by atoms with Crippen molar-refractivity contribution in [1.82, 2.24) is 9.78 Å². The van der Waals surface area contributed by atoms with Crippen molar-refractivity contribution in [1.29, 1.82) is 0 Å². The van der Waals surface area contributed by atoms with Crippen LogP contribution in [0.1, 0.15) is 13.8 Å². The molecular formula is C12H23N3O3. The first-order chi connectivity index (χ1) is 8.58. The van der Waals surface area contributed by atoms with Gasteiger partial charge >= 0.3 is 0 Å². The molecule has 0 aromatic carbocycles. The van der Waals surface area contributed by atoms with Gasteiger partial charge in [0.25, 0.3) is 0 Å². The fourth-order valence-corrected chi connectivity index (χ4v) is 1.37. The van der Waals surface area contributed by atoms with E-state index in [1.54, 1.807) is 10.9 Å². The molecule has 6 nitrogen and oxygen atoms in total. The van der Waals surface area contributed by atoms with Crippen LogP contribution < -0.4 is 5.32 Å². The molecule has 0 aliphatic rings. The Morgan fingerprint density at radius 2 is 2.22 bits per heavy atom. The maximum absolute atomic E-state index is 9.67. The standard InChI is InChI=1S/C12H23N3O3/c1-10(2)18-5-4-17-9-12(16)7-13-11-6-14-15(3)8-11/h6,8,10,12-13,16H,4-5,7,9H2,1-3H3. The number of nitrogens with zero attached hydrogens (tertiary/aromatic N) is 2. The predicted molar refractivity (Wildman–Crippen MR) is 69.6 cm³/mol. The van der Waals surface area contributed by atoms with E-state index in [1.165, 1.54) is 0 Å². The van der Waals surface area contributed by atoms with Crippen LogP contribution in [0.25, 0.3) is 0 Å². The summed E-state index contributed by atoms with van der Waals surface area (Å²) in [4.78, 5) is 0. The van der Waals surface area contributed by atoms with Gasteiger partial charge in [-0.25, -0.2) is 0 Å². The molecule has 1 aromatic rings. The van der Waals surface area contributed by atoms with Crippen molar-refractivity contribution in [3.63, 3.8) is 0 Å². The van der Waals surface area contributed by atoms with Crippen molar-refractivity contribution in [2.45, 2.75) is 26.1 Å². The van der Waals surface area contributed by atoms with Crippen LogP contribution >= 0.6 is 0 Å². The van der Waals surface area contributed by atoms with Crippen LogP contribution in [0.15, 0.2) is 12.4 Å². The number of hydrogen-bond donors (Lipinski definition) is 2. The molecule has 1 heterocycles. The molecule has 1 atom stereocenters. The van der Waals surface area contributed by atoms with Gasteiger partial charge < -0.3 is 19.9 Å². The Morgan fingerprint density at radius 3 is 2.83 bits per heavy atom. The second kappa shape index (κ2) is 8.07. The van der Waals surface area contributed by atoms with E-state index in [2.05, 4.69) is 10.4 Å². The summed E-state index contributed by atoms with van der Waals surface area (Å²) < 4.78 is 12.3. The Bertz CT molecular complexity index is 328. The number of hydrogen-bond acceptors (Lipinski definition) is 5. The van der Waals surface area contributed by atoms with Crippen LogP contribution in [0, 0.1) is 0 Å². The molecule has 18 heavy (non-hydrogen) atoms. The van der Waals surface area contributed by atoms with Crippen molar-refractivity contribution in [2.75, 3.05) is 31.7 Å². The lowest BCUT2D eigenvalue weighted by Crippen LogP contribution is -2.25. The summed E-state index contributed by atoms with van der Waals surface area (Å²) in [5, 5.41) is 16.8. The molecule has 1 aromatic heterocycles. The third-order valence-electron chi connectivity index (χ3n) is 2.24. The predicted octanol–water partition coefficient (Wildman–Crippen LogP) is 0.634. The summed E-state index contributed by atoms with van der Waals surface area (Å²) in [7, 11) is 1.85. The van der Waals surface area contributed by atoms with Gasteiger partial charge in [0.2, 0.25) is 0 Å². The van der Waals surface area contributed by atoms with Crippen LogP contribution in [0.2, 0.25) is 0 Å². The molecule has 2 N–H and O–H groups in total. The molecule has 0 radical (unpaired) electrons. The lowest BCUT2D eigenvalue weighted by atomic mass is 10.3. The van der Waals surface area contributed by atoms with Crippen LogP contribution in [0.3, 0.4) is 0 Å². The fraction of sp³-hybridized carbons (Fsp3) is 0.750. The summed E-state index contributed by atoms with van der Waals surface area (Å²) in [6.07, 6.45) is 3.24. The minimum Gasteiger partial charge on any atom is -0.389 e. The monoisotopic (exact) mass is 257 g/mol. The normalized spacial score (nSPS) is 12.9. The first kappa shape index (κ1) is 14.9. The summed E-state index contributed by atoms with van der Waals surface area (Å²) in [6.45, 7) is 5.76. The van der Waals surface area contributed by atoms with Crippen LogP contribution in [-0.4, -0.2) is 53.5 Å². The Morgan fingerprint density at radius 1 is 1.44 bits per heavy atom. The van der Waals surface area contributed by atoms with Crippen molar-refractivity contribution >= 4 is 5.69 Å². The van der Waals surface area contributed by atoms with E-state index in [0.717, 1.165) is 5.69 Å². The molecule has 0 fully saturated rings. The van der Waals surface area contributed by atoms with Gasteiger partial charge in [0.1, 0.15) is 0 Å². The summed E-state index contributed by atoms with van der Waals surface area (Å²) >= 11 is 0. The zero-order valence-electron chi connectivity index (χ0n) is 11.3. The van der Waals surface area contributed by atoms with E-state index in [-0.39, 0.29) is 6.10 Å². The van der Waals surface area contributed by atoms with Gasteiger partial charge in [-0.2, -0.15) is 5.10 Å². The van der Waals surface area contributed by atoms with Crippen molar-refractivity contribution < 1.29 is 14.6 Å². The average molecular weight is 257 g/mol. The maximum Gasteiger partial charge on any atom is 0.0945 e. The van der Waals surface area contributed by atoms with Gasteiger partial charge in [-0.05, 0) is 13.8 Å². The molecule has 1 unspecified atom stereocenters. The highest BCUT2D eigenvalue weighted by atomic mass is 16.5. The minimum absolute atomic E-state index is 0.214. The lowest BCUT2D eigenvalue weighted by Gasteiger charge is -2.13. The molecule has 6 heteroatoms. The van der Waals surface area contributed by atoms with Gasteiger partial charge in [-0.15, -0.1) is 0 Å². The van der Waals surface area contributed by atoms with Gasteiger partial charge in [0.05, 0.1) is 43.9 Å². The van der Waals surface area contributed by atoms with E-state index in [0.29, 0.717) is 26.4 Å². The number of ether oxygens (including phenoxy) is 2. The molecule has 1 rings (SSSR count). The Labute approximate surface area is 108 Å². The van der Waals surface area contributed by atoms with Crippen LogP contribution in [0.5, 0.6) is 0 Å². The number of rotatable bonds is 9. The van der Waals surface area contributed by atoms with Gasteiger partial charge in [-0.1, -0.05) is 0 Å². The number of nitrogens with one attached hydrogen (secondary N) is 1. The smallest absolute Gasteiger partial charge is 0.0945 e. The molecule has 0 saturated heterocycles. The average Bonchev–Trinajstić information content (AvgIpc) is 2.71. The summed E-state index contributed by atoms with van der Waals surface area (Å²) in [6, 6.07) is 0. The molecule has 0 spiro atoms. The highest BCUT2D eigenvalue weighted by Crippen LogP contribution is 2.03. The molecule has 0 aliphatic heterocycles. The summed E-state index contributed by atoms with van der Waals surface area (Å²) in [5.41, 5.74) is 0.889. The number of aliphatic hydroxyl groups is 1. The number of anilines is 1. The van der Waals surface area contributed by atoms with Crippen molar-refractivity contribution in [3.8, 4) is 0 Å². The highest BCUT2D eigenvalue weighted by Gasteiger charge is 2.05. The molecule has 0 saturated carbocycles. The minimum atomic E-state index is -0.538. The van der Waals surface area contributed by atoms with Crippen LogP contribution in [-0.2, 0) is 16.5 Å². The van der Waals surface area contributed by atoms with E-state index in [4.69, 9.17) is 9.47 Å². The van der Waals surface area contributed by atoms with E-state index in [1.807, 2.05) is 27.1 Å². The third kappa shape index (κ3) is 6.58. The quantitative estimate of drug-likeness (QED) is 0.635. The second-order valence-corrected chi connectivity index (χ2v) is 4.43. The zero-order chi connectivity index (χ0) is 13.4. The Kier molecular flexibility index (Phi) is 6.70. The van der Waals surface area contributed by atoms with Crippen molar-refractivity contribution in [3.05, 3.63) is 12.4 Å². The second-order valence-electron chi connectivity index (χ2n) is 4.43. The summed E-state index contributed by atoms with van der Waals surface area (Å²) in [5.74, 6) is 0. The van der Waals surface area contributed by atoms with Gasteiger partial charge in [0.15, 0.2) is 0 Å². The molecular weight excluding hydrogens is 234 g/mol. The lowest BCUT2D eigenvalue weighted by molar-refractivity contribution is -0.00734. The highest BCUT2D eigenvalue weighted by molar-refractivity contribution is 5.37. The first-order valence-electron chi connectivity index (χ1n) is 6.18. The SMILES string of the molecule is CC(C)OCCOCC(O)CNc1cnn(C)c1. The van der Waals surface area contributed by atoms with E-state index in [9.17, 15) is 5.11 Å². The van der Waals surface area contributed by atoms with Crippen molar-refractivity contribution in [2.24, 2.45) is 7.05 Å². The third-order valence-corrected chi connectivity index (χ3v) is 2.24. The van der Waals surface area contributed by atoms with Gasteiger partial charge in [0, 0.05) is 19.8 Å². The van der Waals surface area contributed by atoms with E-state index < -0.39 is 6.10 Å². The molecule has 0 amide bonds.